The number of ether oxygens (including phenoxy) is 2. The van der Waals surface area contributed by atoms with Crippen molar-refractivity contribution in [1.82, 2.24) is 24.8 Å². The molecule has 0 aliphatic carbocycles. The first-order valence-electron chi connectivity index (χ1n) is 13.5. The van der Waals surface area contributed by atoms with Crippen molar-refractivity contribution in [3.05, 3.63) is 59.8 Å². The first kappa shape index (κ1) is 26.5. The van der Waals surface area contributed by atoms with E-state index in [1.807, 2.05) is 48.5 Å². The largest absolute Gasteiger partial charge is 0.379 e. The van der Waals surface area contributed by atoms with Gasteiger partial charge in [-0.25, -0.2) is 0 Å². The summed E-state index contributed by atoms with van der Waals surface area (Å²) in [7, 11) is 0. The monoisotopic (exact) mass is 561 g/mol. The summed E-state index contributed by atoms with van der Waals surface area (Å²) in [5.74, 6) is 1.68. The Hall–Kier alpha value is -3.77. The zero-order valence-corrected chi connectivity index (χ0v) is 22.9. The van der Waals surface area contributed by atoms with Crippen LogP contribution in [-0.4, -0.2) is 90.5 Å². The maximum Gasteiger partial charge on any atom is 0.233 e. The summed E-state index contributed by atoms with van der Waals surface area (Å²) in [4.78, 5) is 23.0. The van der Waals surface area contributed by atoms with E-state index in [1.54, 1.807) is 6.20 Å². The zero-order chi connectivity index (χ0) is 27.1. The van der Waals surface area contributed by atoms with Crippen LogP contribution in [0.15, 0.2) is 54.7 Å². The summed E-state index contributed by atoms with van der Waals surface area (Å²) in [6.45, 7) is 7.89. The van der Waals surface area contributed by atoms with Gasteiger partial charge in [0.2, 0.25) is 17.8 Å². The fourth-order valence-corrected chi connectivity index (χ4v) is 4.87. The van der Waals surface area contributed by atoms with Gasteiger partial charge in [-0.05, 0) is 48.5 Å². The molecule has 40 heavy (non-hydrogen) atoms. The summed E-state index contributed by atoms with van der Waals surface area (Å²) in [5, 5.41) is 11.9. The average Bonchev–Trinajstić information content (AvgIpc) is 2.99. The first-order chi connectivity index (χ1) is 19.7. The fourth-order valence-electron chi connectivity index (χ4n) is 4.71. The molecule has 6 rings (SSSR count). The van der Waals surface area contributed by atoms with E-state index in [1.165, 1.54) is 0 Å². The van der Waals surface area contributed by atoms with Gasteiger partial charge in [-0.15, -0.1) is 0 Å². The quantitative estimate of drug-likeness (QED) is 0.274. The van der Waals surface area contributed by atoms with Crippen LogP contribution in [0.5, 0.6) is 0 Å². The highest BCUT2D eigenvalue weighted by molar-refractivity contribution is 6.31. The summed E-state index contributed by atoms with van der Waals surface area (Å²) in [6.07, 6.45) is 1.77. The lowest BCUT2D eigenvalue weighted by Crippen LogP contribution is -2.39. The van der Waals surface area contributed by atoms with Crippen LogP contribution in [0.4, 0.5) is 34.9 Å². The molecule has 0 spiro atoms. The first-order valence-corrected chi connectivity index (χ1v) is 13.9. The molecule has 0 bridgehead atoms. The molecule has 2 aromatic carbocycles. The van der Waals surface area contributed by atoms with Gasteiger partial charge < -0.3 is 30.3 Å². The Balaban J connectivity index is 1.15. The van der Waals surface area contributed by atoms with Gasteiger partial charge in [-0.2, -0.15) is 15.0 Å². The number of halogens is 1. The molecular formula is C28H32ClN9O2. The van der Waals surface area contributed by atoms with E-state index in [0.29, 0.717) is 36.1 Å². The highest BCUT2D eigenvalue weighted by Crippen LogP contribution is 2.28. The van der Waals surface area contributed by atoms with E-state index in [4.69, 9.17) is 31.0 Å². The van der Waals surface area contributed by atoms with Crippen molar-refractivity contribution < 1.29 is 9.47 Å². The smallest absolute Gasteiger partial charge is 0.233 e. The average molecular weight is 562 g/mol. The molecule has 0 radical (unpaired) electrons. The van der Waals surface area contributed by atoms with Crippen LogP contribution in [0.2, 0.25) is 5.02 Å². The number of nitrogens with one attached hydrogen (secondary N) is 3. The molecule has 2 fully saturated rings. The van der Waals surface area contributed by atoms with Crippen LogP contribution in [-0.2, 0) is 9.47 Å². The van der Waals surface area contributed by atoms with Gasteiger partial charge in [0.1, 0.15) is 0 Å². The minimum atomic E-state index is 0.489. The molecule has 2 aliphatic rings. The number of benzene rings is 2. The number of hydrogen-bond acceptors (Lipinski definition) is 11. The van der Waals surface area contributed by atoms with Crippen molar-refractivity contribution in [2.24, 2.45) is 0 Å². The minimum absolute atomic E-state index is 0.489. The number of aromatic nitrogens is 4. The Morgan fingerprint density at radius 1 is 0.775 bits per heavy atom. The summed E-state index contributed by atoms with van der Waals surface area (Å²) in [5.41, 5.74) is 3.62. The standard InChI is InChI=1S/C28H32ClN9O2/c29-20-1-6-23-24(7-8-30-25(23)19-20)32-21-2-4-22(5-3-21)33-27-34-26(31-9-10-37-11-15-39-16-12-37)35-28(36-27)38-13-17-40-18-14-38/h1-8,19H,9-18H2,(H,30,32)(H2,31,33,34,35,36). The van der Waals surface area contributed by atoms with E-state index in [2.05, 4.69) is 35.7 Å². The van der Waals surface area contributed by atoms with Gasteiger partial charge >= 0.3 is 0 Å². The van der Waals surface area contributed by atoms with Crippen LogP contribution in [0.25, 0.3) is 10.9 Å². The number of pyridine rings is 1. The topological polar surface area (TPSA) is 113 Å². The molecule has 12 heteroatoms. The van der Waals surface area contributed by atoms with Gasteiger partial charge in [0, 0.05) is 72.9 Å². The Morgan fingerprint density at radius 3 is 2.25 bits per heavy atom. The normalized spacial score (nSPS) is 16.2. The Morgan fingerprint density at radius 2 is 1.48 bits per heavy atom. The van der Waals surface area contributed by atoms with Crippen molar-refractivity contribution in [2.75, 3.05) is 86.5 Å². The molecular weight excluding hydrogens is 530 g/mol. The molecule has 0 amide bonds. The highest BCUT2D eigenvalue weighted by atomic mass is 35.5. The molecule has 4 aromatic rings. The van der Waals surface area contributed by atoms with E-state index in [0.717, 1.165) is 80.4 Å². The summed E-state index contributed by atoms with van der Waals surface area (Å²) < 4.78 is 11.0. The molecule has 2 saturated heterocycles. The second-order valence-corrected chi connectivity index (χ2v) is 10.0. The lowest BCUT2D eigenvalue weighted by atomic mass is 10.2. The second kappa shape index (κ2) is 12.6. The number of nitrogens with zero attached hydrogens (tertiary/aromatic N) is 6. The SMILES string of the molecule is Clc1ccc2c(Nc3ccc(Nc4nc(NCCN5CCOCC5)nc(N5CCOCC5)n4)cc3)ccnc2c1. The van der Waals surface area contributed by atoms with Crippen molar-refractivity contribution in [3.8, 4) is 0 Å². The third-order valence-electron chi connectivity index (χ3n) is 6.86. The van der Waals surface area contributed by atoms with Gasteiger partial charge in [0.05, 0.1) is 31.9 Å². The van der Waals surface area contributed by atoms with Crippen molar-refractivity contribution >= 4 is 57.4 Å². The van der Waals surface area contributed by atoms with Crippen LogP contribution in [0.3, 0.4) is 0 Å². The second-order valence-electron chi connectivity index (χ2n) is 9.61. The number of rotatable bonds is 9. The third-order valence-corrected chi connectivity index (χ3v) is 7.09. The Bertz CT molecular complexity index is 1430. The van der Waals surface area contributed by atoms with Gasteiger partial charge in [-0.1, -0.05) is 11.6 Å². The van der Waals surface area contributed by atoms with Gasteiger partial charge in [-0.3, -0.25) is 9.88 Å². The maximum atomic E-state index is 6.14. The number of morpholine rings is 2. The molecule has 11 nitrogen and oxygen atoms in total. The lowest BCUT2D eigenvalue weighted by molar-refractivity contribution is 0.0398. The molecule has 0 atom stereocenters. The van der Waals surface area contributed by atoms with Crippen molar-refractivity contribution in [2.45, 2.75) is 0 Å². The van der Waals surface area contributed by atoms with Gasteiger partial charge in [0.25, 0.3) is 0 Å². The molecule has 0 unspecified atom stereocenters. The number of hydrogen-bond donors (Lipinski definition) is 3. The molecule has 4 heterocycles. The van der Waals surface area contributed by atoms with E-state index in [-0.39, 0.29) is 0 Å². The number of fused-ring (bicyclic) bond motifs is 1. The molecule has 0 saturated carbocycles. The summed E-state index contributed by atoms with van der Waals surface area (Å²) in [6, 6.07) is 15.7. The van der Waals surface area contributed by atoms with Crippen LogP contribution in [0, 0.1) is 0 Å². The fraction of sp³-hybridized carbons (Fsp3) is 0.357. The Labute approximate surface area is 237 Å². The van der Waals surface area contributed by atoms with Crippen LogP contribution < -0.4 is 20.9 Å². The molecule has 2 aliphatic heterocycles. The van der Waals surface area contributed by atoms with E-state index >= 15 is 0 Å². The highest BCUT2D eigenvalue weighted by Gasteiger charge is 2.17. The van der Waals surface area contributed by atoms with Crippen molar-refractivity contribution in [3.63, 3.8) is 0 Å². The molecule has 3 N–H and O–H groups in total. The maximum absolute atomic E-state index is 6.14. The van der Waals surface area contributed by atoms with E-state index in [9.17, 15) is 0 Å². The third kappa shape index (κ3) is 6.68. The molecule has 2 aromatic heterocycles. The van der Waals surface area contributed by atoms with Crippen LogP contribution >= 0.6 is 11.6 Å². The Kier molecular flexibility index (Phi) is 8.33. The zero-order valence-electron chi connectivity index (χ0n) is 22.1. The van der Waals surface area contributed by atoms with Crippen molar-refractivity contribution in [1.29, 1.82) is 0 Å². The van der Waals surface area contributed by atoms with Gasteiger partial charge in [0.15, 0.2) is 0 Å². The predicted octanol–water partition coefficient (Wildman–Crippen LogP) is 4.14. The summed E-state index contributed by atoms with van der Waals surface area (Å²) >= 11 is 6.14. The number of anilines is 6. The van der Waals surface area contributed by atoms with E-state index < -0.39 is 0 Å². The lowest BCUT2D eigenvalue weighted by Gasteiger charge is -2.27. The predicted molar refractivity (Wildman–Crippen MR) is 158 cm³/mol. The minimum Gasteiger partial charge on any atom is -0.379 e. The molecule has 208 valence electrons. The van der Waals surface area contributed by atoms with Crippen LogP contribution in [0.1, 0.15) is 0 Å².